The molecule has 1 atom stereocenters. The Morgan fingerprint density at radius 1 is 1.42 bits per heavy atom. The van der Waals surface area contributed by atoms with Crippen LogP contribution in [0.5, 0.6) is 0 Å². The predicted octanol–water partition coefficient (Wildman–Crippen LogP) is 1.75. The van der Waals surface area contributed by atoms with Gasteiger partial charge in [0.05, 0.1) is 0 Å². The number of rotatable bonds is 4. The van der Waals surface area contributed by atoms with Crippen molar-refractivity contribution >= 4 is 11.8 Å². The Bertz CT molecular complexity index is 418. The molecule has 0 aliphatic carbocycles. The van der Waals surface area contributed by atoms with Crippen LogP contribution in [0.25, 0.3) is 0 Å². The first-order valence-corrected chi connectivity index (χ1v) is 7.11. The van der Waals surface area contributed by atoms with E-state index in [1.165, 1.54) is 12.8 Å². The molecular weight excluding hydrogens is 238 g/mol. The van der Waals surface area contributed by atoms with Crippen LogP contribution < -0.4 is 10.2 Å². The van der Waals surface area contributed by atoms with E-state index in [1.807, 2.05) is 6.92 Å². The molecule has 1 unspecified atom stereocenters. The highest BCUT2D eigenvalue weighted by molar-refractivity contribution is 5.45. The number of aryl methyl sites for hydroxylation is 1. The number of piperidine rings is 1. The van der Waals surface area contributed by atoms with Crippen LogP contribution in [0.1, 0.15) is 25.5 Å². The number of nitrogens with one attached hydrogen (secondary N) is 1. The lowest BCUT2D eigenvalue weighted by Gasteiger charge is -2.36. The Morgan fingerprint density at radius 3 is 2.89 bits per heavy atom. The number of hydrogen-bond acceptors (Lipinski definition) is 5. The van der Waals surface area contributed by atoms with Crippen LogP contribution in [0.3, 0.4) is 0 Å². The first-order chi connectivity index (χ1) is 9.10. The Balaban J connectivity index is 2.16. The molecule has 2 heterocycles. The number of hydrogen-bond donors (Lipinski definition) is 1. The van der Waals surface area contributed by atoms with Crippen molar-refractivity contribution in [2.75, 3.05) is 43.9 Å². The Labute approximate surface area is 116 Å². The molecule has 1 aliphatic rings. The fourth-order valence-corrected chi connectivity index (χ4v) is 2.54. The standard InChI is InChI=1S/C14H25N5/c1-5-15-14-16-11(2)9-13(17-14)19-8-6-7-12(10-19)18(3)4/h9,12H,5-8,10H2,1-4H3,(H,15,16,17). The monoisotopic (exact) mass is 263 g/mol. The minimum absolute atomic E-state index is 0.617. The molecule has 0 saturated carbocycles. The van der Waals surface area contributed by atoms with Crippen LogP contribution in [-0.2, 0) is 0 Å². The fourth-order valence-electron chi connectivity index (χ4n) is 2.54. The molecule has 0 aromatic carbocycles. The summed E-state index contributed by atoms with van der Waals surface area (Å²) >= 11 is 0. The van der Waals surface area contributed by atoms with Crippen LogP contribution >= 0.6 is 0 Å². The zero-order chi connectivity index (χ0) is 13.8. The highest BCUT2D eigenvalue weighted by atomic mass is 15.3. The number of nitrogens with zero attached hydrogens (tertiary/aromatic N) is 4. The highest BCUT2D eigenvalue weighted by Crippen LogP contribution is 2.21. The maximum absolute atomic E-state index is 4.63. The van der Waals surface area contributed by atoms with Gasteiger partial charge in [0.1, 0.15) is 5.82 Å². The quantitative estimate of drug-likeness (QED) is 0.896. The van der Waals surface area contributed by atoms with Crippen molar-refractivity contribution in [3.05, 3.63) is 11.8 Å². The van der Waals surface area contributed by atoms with Crippen molar-refractivity contribution in [2.45, 2.75) is 32.7 Å². The van der Waals surface area contributed by atoms with E-state index in [-0.39, 0.29) is 0 Å². The number of likely N-dealkylation sites (N-methyl/N-ethyl adjacent to an activating group) is 1. The average Bonchev–Trinajstić information content (AvgIpc) is 2.38. The van der Waals surface area contributed by atoms with E-state index in [4.69, 9.17) is 0 Å². The average molecular weight is 263 g/mol. The summed E-state index contributed by atoms with van der Waals surface area (Å²) in [6.07, 6.45) is 2.50. The molecule has 19 heavy (non-hydrogen) atoms. The first kappa shape index (κ1) is 14.1. The Hall–Kier alpha value is -1.36. The highest BCUT2D eigenvalue weighted by Gasteiger charge is 2.22. The molecule has 1 saturated heterocycles. The molecule has 0 spiro atoms. The van der Waals surface area contributed by atoms with Crippen molar-refractivity contribution in [3.63, 3.8) is 0 Å². The molecule has 1 aliphatic heterocycles. The van der Waals surface area contributed by atoms with Gasteiger partial charge in [0.25, 0.3) is 0 Å². The molecule has 1 N–H and O–H groups in total. The topological polar surface area (TPSA) is 44.3 Å². The largest absolute Gasteiger partial charge is 0.355 e. The molecule has 5 nitrogen and oxygen atoms in total. The van der Waals surface area contributed by atoms with Crippen LogP contribution in [0.15, 0.2) is 6.07 Å². The van der Waals surface area contributed by atoms with Gasteiger partial charge in [-0.2, -0.15) is 4.98 Å². The summed E-state index contributed by atoms with van der Waals surface area (Å²) in [7, 11) is 4.31. The smallest absolute Gasteiger partial charge is 0.224 e. The van der Waals surface area contributed by atoms with Gasteiger partial charge in [0.2, 0.25) is 5.95 Å². The van der Waals surface area contributed by atoms with Gasteiger partial charge in [-0.25, -0.2) is 4.98 Å². The molecule has 2 rings (SSSR count). The summed E-state index contributed by atoms with van der Waals surface area (Å²) in [4.78, 5) is 13.7. The van der Waals surface area contributed by atoms with Crippen molar-refractivity contribution in [1.29, 1.82) is 0 Å². The normalized spacial score (nSPS) is 19.8. The first-order valence-electron chi connectivity index (χ1n) is 7.11. The van der Waals surface area contributed by atoms with E-state index in [2.05, 4.69) is 52.2 Å². The molecule has 0 radical (unpaired) electrons. The third kappa shape index (κ3) is 3.56. The second-order valence-electron chi connectivity index (χ2n) is 5.43. The fraction of sp³-hybridized carbons (Fsp3) is 0.714. The molecule has 1 fully saturated rings. The van der Waals surface area contributed by atoms with E-state index in [1.54, 1.807) is 0 Å². The predicted molar refractivity (Wildman–Crippen MR) is 79.9 cm³/mol. The molecule has 0 amide bonds. The lowest BCUT2D eigenvalue weighted by Crippen LogP contribution is -2.45. The summed E-state index contributed by atoms with van der Waals surface area (Å²) in [6.45, 7) is 7.08. The van der Waals surface area contributed by atoms with E-state index in [9.17, 15) is 0 Å². The van der Waals surface area contributed by atoms with Crippen LogP contribution in [0.4, 0.5) is 11.8 Å². The van der Waals surface area contributed by atoms with Gasteiger partial charge in [0, 0.05) is 37.4 Å². The second kappa shape index (κ2) is 6.19. The van der Waals surface area contributed by atoms with Gasteiger partial charge in [-0.1, -0.05) is 0 Å². The van der Waals surface area contributed by atoms with E-state index in [0.29, 0.717) is 6.04 Å². The third-order valence-corrected chi connectivity index (χ3v) is 3.63. The van der Waals surface area contributed by atoms with Crippen LogP contribution in [0.2, 0.25) is 0 Å². The van der Waals surface area contributed by atoms with Crippen molar-refractivity contribution in [3.8, 4) is 0 Å². The van der Waals surface area contributed by atoms with Crippen molar-refractivity contribution < 1.29 is 0 Å². The summed E-state index contributed by atoms with van der Waals surface area (Å²) < 4.78 is 0. The maximum atomic E-state index is 4.63. The Morgan fingerprint density at radius 2 is 2.21 bits per heavy atom. The Kier molecular flexibility index (Phi) is 4.58. The van der Waals surface area contributed by atoms with E-state index >= 15 is 0 Å². The van der Waals surface area contributed by atoms with E-state index < -0.39 is 0 Å². The molecule has 1 aromatic rings. The van der Waals surface area contributed by atoms with Crippen molar-refractivity contribution in [1.82, 2.24) is 14.9 Å². The summed E-state index contributed by atoms with van der Waals surface area (Å²) in [5.74, 6) is 1.79. The SMILES string of the molecule is CCNc1nc(C)cc(N2CCCC(N(C)C)C2)n1. The molecule has 5 heteroatoms. The summed E-state index contributed by atoms with van der Waals surface area (Å²) in [5, 5.41) is 3.20. The number of aromatic nitrogens is 2. The van der Waals surface area contributed by atoms with E-state index in [0.717, 1.165) is 37.1 Å². The van der Waals surface area contributed by atoms with Gasteiger partial charge < -0.3 is 15.1 Å². The lowest BCUT2D eigenvalue weighted by atomic mass is 10.1. The number of anilines is 2. The molecule has 1 aromatic heterocycles. The van der Waals surface area contributed by atoms with Crippen LogP contribution in [0, 0.1) is 6.92 Å². The maximum Gasteiger partial charge on any atom is 0.224 e. The molecule has 106 valence electrons. The van der Waals surface area contributed by atoms with Crippen LogP contribution in [-0.4, -0.2) is 54.6 Å². The molecule has 0 bridgehead atoms. The molecular formula is C14H25N5. The minimum Gasteiger partial charge on any atom is -0.355 e. The second-order valence-corrected chi connectivity index (χ2v) is 5.43. The van der Waals surface area contributed by atoms with Gasteiger partial charge in [-0.15, -0.1) is 0 Å². The van der Waals surface area contributed by atoms with Gasteiger partial charge >= 0.3 is 0 Å². The summed E-state index contributed by atoms with van der Waals surface area (Å²) in [5.41, 5.74) is 1.02. The zero-order valence-electron chi connectivity index (χ0n) is 12.5. The zero-order valence-corrected chi connectivity index (χ0v) is 12.5. The van der Waals surface area contributed by atoms with Gasteiger partial charge in [-0.3, -0.25) is 0 Å². The van der Waals surface area contributed by atoms with Gasteiger partial charge in [0.15, 0.2) is 0 Å². The lowest BCUT2D eigenvalue weighted by molar-refractivity contribution is 0.257. The third-order valence-electron chi connectivity index (χ3n) is 3.63. The summed E-state index contributed by atoms with van der Waals surface area (Å²) in [6, 6.07) is 2.70. The minimum atomic E-state index is 0.617. The van der Waals surface area contributed by atoms with Gasteiger partial charge in [-0.05, 0) is 40.8 Å². The van der Waals surface area contributed by atoms with Crippen molar-refractivity contribution in [2.24, 2.45) is 0 Å².